The molecule has 0 spiro atoms. The minimum atomic E-state index is -0.787. The Bertz CT molecular complexity index is 1490. The zero-order valence-electron chi connectivity index (χ0n) is 29.1. The van der Waals surface area contributed by atoms with Crippen molar-refractivity contribution >= 4 is 29.6 Å². The fraction of sp³-hybridized carbons (Fsp3) is 0.415. The first-order chi connectivity index (χ1) is 23.9. The number of ketones is 1. The lowest BCUT2D eigenvalue weighted by Gasteiger charge is -2.07. The molecule has 8 heteroatoms. The minimum Gasteiger partial charge on any atom is -0.497 e. The first-order valence-electron chi connectivity index (χ1n) is 17.7. The highest BCUT2D eigenvalue weighted by atomic mass is 16.6. The van der Waals surface area contributed by atoms with E-state index in [9.17, 15) is 19.7 Å². The number of hydrogen-bond donors (Lipinski definition) is 0. The molecule has 262 valence electrons. The summed E-state index contributed by atoms with van der Waals surface area (Å²) in [6.07, 6.45) is 24.2. The minimum absolute atomic E-state index is 0.102. The highest BCUT2D eigenvalue weighted by Crippen LogP contribution is 2.29. The molecule has 0 saturated heterocycles. The van der Waals surface area contributed by atoms with E-state index in [1.807, 2.05) is 24.3 Å². The number of esters is 1. The van der Waals surface area contributed by atoms with Crippen LogP contribution in [0.5, 0.6) is 17.2 Å². The molecule has 8 nitrogen and oxygen atoms in total. The number of allylic oxidation sites excluding steroid dienone is 1. The summed E-state index contributed by atoms with van der Waals surface area (Å²) in [7, 11) is 1.56. The lowest BCUT2D eigenvalue weighted by molar-refractivity contribution is -0.385. The Morgan fingerprint density at radius 1 is 0.673 bits per heavy atom. The third kappa shape index (κ3) is 15.4. The molecule has 0 aliphatic carbocycles. The zero-order chi connectivity index (χ0) is 35.1. The molecule has 49 heavy (non-hydrogen) atoms. The van der Waals surface area contributed by atoms with Crippen LogP contribution in [-0.2, 0) is 4.79 Å². The average molecular weight is 670 g/mol. The number of nitrogens with zero attached hydrogens (tertiary/aromatic N) is 1. The number of carbonyl (C=O) groups is 2. The topological polar surface area (TPSA) is 105 Å². The van der Waals surface area contributed by atoms with Crippen LogP contribution in [0.25, 0.3) is 12.2 Å². The van der Waals surface area contributed by atoms with Gasteiger partial charge in [-0.15, -0.1) is 0 Å². The van der Waals surface area contributed by atoms with Crippen LogP contribution < -0.4 is 14.2 Å². The predicted octanol–water partition coefficient (Wildman–Crippen LogP) is 11.0. The highest BCUT2D eigenvalue weighted by molar-refractivity contribution is 6.07. The van der Waals surface area contributed by atoms with Gasteiger partial charge in [-0.2, -0.15) is 0 Å². The third-order valence-corrected chi connectivity index (χ3v) is 8.25. The van der Waals surface area contributed by atoms with E-state index in [0.29, 0.717) is 12.4 Å². The molecule has 0 amide bonds. The van der Waals surface area contributed by atoms with Crippen molar-refractivity contribution in [1.82, 2.24) is 0 Å². The Balaban J connectivity index is 1.36. The van der Waals surface area contributed by atoms with Gasteiger partial charge in [-0.3, -0.25) is 14.9 Å². The maximum absolute atomic E-state index is 12.8. The molecule has 0 aliphatic rings. The molecule has 3 aromatic rings. The molecule has 0 aromatic heterocycles. The molecule has 0 N–H and O–H groups in total. The summed E-state index contributed by atoms with van der Waals surface area (Å²) in [4.78, 5) is 36.1. The van der Waals surface area contributed by atoms with Gasteiger partial charge in [0, 0.05) is 17.7 Å². The second kappa shape index (κ2) is 22.8. The predicted molar refractivity (Wildman–Crippen MR) is 196 cm³/mol. The summed E-state index contributed by atoms with van der Waals surface area (Å²) in [5, 5.41) is 11.7. The maximum atomic E-state index is 12.8. The van der Waals surface area contributed by atoms with E-state index >= 15 is 0 Å². The Morgan fingerprint density at radius 3 is 1.71 bits per heavy atom. The second-order valence-corrected chi connectivity index (χ2v) is 12.2. The smallest absolute Gasteiger partial charge is 0.336 e. The lowest BCUT2D eigenvalue weighted by atomic mass is 10.0. The summed E-state index contributed by atoms with van der Waals surface area (Å²) in [6, 6.07) is 18.2. The summed E-state index contributed by atoms with van der Waals surface area (Å²) in [5.74, 6) is -0.00569. The van der Waals surface area contributed by atoms with Gasteiger partial charge in [0.25, 0.3) is 0 Å². The number of unbranched alkanes of at least 4 members (excludes halogenated alkanes) is 13. The maximum Gasteiger partial charge on any atom is 0.336 e. The van der Waals surface area contributed by atoms with Crippen molar-refractivity contribution in [2.75, 3.05) is 13.7 Å². The molecular formula is C41H51NO7. The standard InChI is InChI=1S/C41H51NO7/c1-3-4-5-6-7-8-9-10-11-12-13-14-15-16-31-48-37-26-19-33(20-27-37)21-28-39(43)35-23-29-40(38(32-35)42(45)46)49-41(44)30-22-34-17-24-36(47-2)25-18-34/h17-30,32H,3-16,31H2,1-2H3/b28-21+,30-22+. The molecule has 0 heterocycles. The van der Waals surface area contributed by atoms with E-state index in [0.717, 1.165) is 29.4 Å². The molecular weight excluding hydrogens is 618 g/mol. The van der Waals surface area contributed by atoms with Gasteiger partial charge in [0.15, 0.2) is 5.78 Å². The van der Waals surface area contributed by atoms with Crippen molar-refractivity contribution < 1.29 is 28.7 Å². The Hall–Kier alpha value is -4.72. The van der Waals surface area contributed by atoms with E-state index in [4.69, 9.17) is 14.2 Å². The number of rotatable bonds is 24. The van der Waals surface area contributed by atoms with Crippen molar-refractivity contribution in [2.45, 2.75) is 96.8 Å². The largest absolute Gasteiger partial charge is 0.497 e. The quantitative estimate of drug-likeness (QED) is 0.0178. The summed E-state index contributed by atoms with van der Waals surface area (Å²) in [6.45, 7) is 2.94. The fourth-order valence-corrected chi connectivity index (χ4v) is 5.35. The molecule has 3 rings (SSSR count). The Kier molecular flexibility index (Phi) is 18.0. The fourth-order valence-electron chi connectivity index (χ4n) is 5.35. The molecule has 0 saturated carbocycles. The molecule has 0 bridgehead atoms. The third-order valence-electron chi connectivity index (χ3n) is 8.25. The van der Waals surface area contributed by atoms with Crippen molar-refractivity contribution in [3.8, 4) is 17.2 Å². The SMILES string of the molecule is CCCCCCCCCCCCCCCCOc1ccc(/C=C/C(=O)c2ccc(OC(=O)/C=C/c3ccc(OC)cc3)c([N+](=O)[O-])c2)cc1. The van der Waals surface area contributed by atoms with Crippen molar-refractivity contribution in [3.05, 3.63) is 106 Å². The number of benzene rings is 3. The van der Waals surface area contributed by atoms with E-state index < -0.39 is 22.4 Å². The van der Waals surface area contributed by atoms with E-state index in [2.05, 4.69) is 6.92 Å². The van der Waals surface area contributed by atoms with Crippen LogP contribution in [-0.4, -0.2) is 30.4 Å². The monoisotopic (exact) mass is 669 g/mol. The van der Waals surface area contributed by atoms with Gasteiger partial charge in [0.2, 0.25) is 5.75 Å². The number of nitro groups is 1. The van der Waals surface area contributed by atoms with Gasteiger partial charge in [0.05, 0.1) is 18.6 Å². The lowest BCUT2D eigenvalue weighted by Crippen LogP contribution is -2.07. The van der Waals surface area contributed by atoms with Crippen LogP contribution >= 0.6 is 0 Å². The molecule has 0 unspecified atom stereocenters. The summed E-state index contributed by atoms with van der Waals surface area (Å²) in [5.41, 5.74) is 1.14. The Labute approximate surface area is 291 Å². The van der Waals surface area contributed by atoms with Gasteiger partial charge in [0.1, 0.15) is 11.5 Å². The normalized spacial score (nSPS) is 11.2. The van der Waals surface area contributed by atoms with Crippen molar-refractivity contribution in [3.63, 3.8) is 0 Å². The van der Waals surface area contributed by atoms with E-state index in [1.54, 1.807) is 37.5 Å². The van der Waals surface area contributed by atoms with Crippen LogP contribution in [0.3, 0.4) is 0 Å². The second-order valence-electron chi connectivity index (χ2n) is 12.2. The van der Waals surface area contributed by atoms with Crippen LogP contribution in [0, 0.1) is 10.1 Å². The molecule has 3 aromatic carbocycles. The molecule has 0 atom stereocenters. The van der Waals surface area contributed by atoms with Crippen molar-refractivity contribution in [1.29, 1.82) is 0 Å². The molecule has 0 aliphatic heterocycles. The van der Waals surface area contributed by atoms with Gasteiger partial charge >= 0.3 is 11.7 Å². The van der Waals surface area contributed by atoms with Crippen LogP contribution in [0.15, 0.2) is 78.9 Å². The van der Waals surface area contributed by atoms with Gasteiger partial charge in [-0.1, -0.05) is 121 Å². The van der Waals surface area contributed by atoms with Gasteiger partial charge in [-0.25, -0.2) is 4.79 Å². The van der Waals surface area contributed by atoms with E-state index in [-0.39, 0.29) is 11.3 Å². The van der Waals surface area contributed by atoms with Crippen molar-refractivity contribution in [2.24, 2.45) is 0 Å². The van der Waals surface area contributed by atoms with Crippen LogP contribution in [0.1, 0.15) is 118 Å². The van der Waals surface area contributed by atoms with Crippen LogP contribution in [0.2, 0.25) is 0 Å². The molecule has 0 fully saturated rings. The first kappa shape index (κ1) is 38.7. The highest BCUT2D eigenvalue weighted by Gasteiger charge is 2.20. The van der Waals surface area contributed by atoms with Gasteiger partial charge < -0.3 is 14.2 Å². The number of carbonyl (C=O) groups excluding carboxylic acids is 2. The summed E-state index contributed by atoms with van der Waals surface area (Å²) < 4.78 is 16.2. The van der Waals surface area contributed by atoms with E-state index in [1.165, 1.54) is 114 Å². The number of ether oxygens (including phenoxy) is 3. The first-order valence-corrected chi connectivity index (χ1v) is 17.7. The summed E-state index contributed by atoms with van der Waals surface area (Å²) >= 11 is 0. The zero-order valence-corrected chi connectivity index (χ0v) is 29.1. The number of hydrogen-bond acceptors (Lipinski definition) is 7. The number of methoxy groups -OCH3 is 1. The van der Waals surface area contributed by atoms with Gasteiger partial charge in [-0.05, 0) is 66.1 Å². The Morgan fingerprint density at radius 2 is 1.18 bits per heavy atom. The average Bonchev–Trinajstić information content (AvgIpc) is 3.12. The van der Waals surface area contributed by atoms with Crippen LogP contribution in [0.4, 0.5) is 5.69 Å². The number of nitro benzene ring substituents is 1. The molecule has 0 radical (unpaired) electrons.